The number of ether oxygens (including phenoxy) is 3. The summed E-state index contributed by atoms with van der Waals surface area (Å²) in [6, 6.07) is 13.8. The van der Waals surface area contributed by atoms with E-state index in [1.807, 2.05) is 42.5 Å². The van der Waals surface area contributed by atoms with Gasteiger partial charge in [-0.05, 0) is 35.4 Å². The lowest BCUT2D eigenvalue weighted by molar-refractivity contribution is 0.318. The van der Waals surface area contributed by atoms with Gasteiger partial charge in [-0.2, -0.15) is 0 Å². The molecule has 0 saturated carbocycles. The molecule has 0 radical (unpaired) electrons. The Morgan fingerprint density at radius 3 is 2.50 bits per heavy atom. The van der Waals surface area contributed by atoms with Crippen molar-refractivity contribution in [1.29, 1.82) is 0 Å². The molecule has 1 aliphatic heterocycles. The number of hydrogen-bond donors (Lipinski definition) is 0. The molecule has 0 saturated heterocycles. The molecule has 112 valence electrons. The number of rotatable bonds is 4. The molecule has 3 heteroatoms. The fourth-order valence-corrected chi connectivity index (χ4v) is 2.37. The van der Waals surface area contributed by atoms with Gasteiger partial charge < -0.3 is 14.2 Å². The molecule has 1 aliphatic rings. The van der Waals surface area contributed by atoms with Gasteiger partial charge in [0.15, 0.2) is 11.5 Å². The van der Waals surface area contributed by atoms with E-state index in [1.165, 1.54) is 0 Å². The Hall–Kier alpha value is -2.68. The van der Waals surface area contributed by atoms with Crippen LogP contribution in [0, 0.1) is 0 Å². The summed E-state index contributed by atoms with van der Waals surface area (Å²) in [6.07, 6.45) is 6.27. The van der Waals surface area contributed by atoms with E-state index in [9.17, 15) is 0 Å². The molecular formula is C19H18O3. The second kappa shape index (κ2) is 6.39. The van der Waals surface area contributed by atoms with Crippen LogP contribution in [0.1, 0.15) is 11.1 Å². The number of methoxy groups -OCH3 is 2. The van der Waals surface area contributed by atoms with Crippen LogP contribution < -0.4 is 14.2 Å². The maximum atomic E-state index is 5.82. The maximum absolute atomic E-state index is 5.82. The molecule has 0 spiro atoms. The number of benzene rings is 2. The highest BCUT2D eigenvalue weighted by Crippen LogP contribution is 2.35. The van der Waals surface area contributed by atoms with Crippen LogP contribution in [0.5, 0.6) is 17.2 Å². The summed E-state index contributed by atoms with van der Waals surface area (Å²) in [6.45, 7) is 0.542. The van der Waals surface area contributed by atoms with E-state index >= 15 is 0 Å². The third-order valence-electron chi connectivity index (χ3n) is 3.56. The second-order valence-electron chi connectivity index (χ2n) is 4.99. The van der Waals surface area contributed by atoms with Crippen molar-refractivity contribution in [2.75, 3.05) is 20.8 Å². The summed E-state index contributed by atoms with van der Waals surface area (Å²) in [5, 5.41) is 0. The van der Waals surface area contributed by atoms with Crippen molar-refractivity contribution in [1.82, 2.24) is 0 Å². The summed E-state index contributed by atoms with van der Waals surface area (Å²) in [7, 11) is 3.32. The first-order chi connectivity index (χ1) is 10.8. The monoisotopic (exact) mass is 294 g/mol. The topological polar surface area (TPSA) is 27.7 Å². The smallest absolute Gasteiger partial charge is 0.168 e. The summed E-state index contributed by atoms with van der Waals surface area (Å²) < 4.78 is 16.3. The molecule has 0 N–H and O–H groups in total. The molecule has 3 rings (SSSR count). The van der Waals surface area contributed by atoms with Gasteiger partial charge in [0.1, 0.15) is 12.4 Å². The van der Waals surface area contributed by atoms with Crippen molar-refractivity contribution >= 4 is 12.2 Å². The minimum Gasteiger partial charge on any atom is -0.497 e. The van der Waals surface area contributed by atoms with Crippen LogP contribution in [0.25, 0.3) is 12.2 Å². The van der Waals surface area contributed by atoms with Crippen LogP contribution in [0.4, 0.5) is 0 Å². The molecule has 2 aromatic rings. The molecule has 3 nitrogen and oxygen atoms in total. The molecule has 0 bridgehead atoms. The van der Waals surface area contributed by atoms with E-state index in [-0.39, 0.29) is 0 Å². The molecule has 0 aliphatic carbocycles. The zero-order valence-corrected chi connectivity index (χ0v) is 12.7. The van der Waals surface area contributed by atoms with Gasteiger partial charge in [-0.25, -0.2) is 0 Å². The van der Waals surface area contributed by atoms with Crippen molar-refractivity contribution in [3.05, 3.63) is 65.2 Å². The minimum absolute atomic E-state index is 0.542. The molecule has 0 unspecified atom stereocenters. The number of para-hydroxylation sites is 1. The van der Waals surface area contributed by atoms with Crippen molar-refractivity contribution in [3.8, 4) is 17.2 Å². The van der Waals surface area contributed by atoms with E-state index in [2.05, 4.69) is 18.2 Å². The largest absolute Gasteiger partial charge is 0.497 e. The maximum Gasteiger partial charge on any atom is 0.168 e. The summed E-state index contributed by atoms with van der Waals surface area (Å²) in [5.74, 6) is 2.44. The Bertz CT molecular complexity index is 712. The average molecular weight is 294 g/mol. The second-order valence-corrected chi connectivity index (χ2v) is 4.99. The Labute approximate surface area is 130 Å². The highest BCUT2D eigenvalue weighted by atomic mass is 16.5. The van der Waals surface area contributed by atoms with Crippen molar-refractivity contribution in [2.24, 2.45) is 0 Å². The van der Waals surface area contributed by atoms with Gasteiger partial charge >= 0.3 is 0 Å². The molecular weight excluding hydrogens is 276 g/mol. The van der Waals surface area contributed by atoms with Crippen LogP contribution in [0.15, 0.2) is 54.1 Å². The highest BCUT2D eigenvalue weighted by molar-refractivity contribution is 5.70. The van der Waals surface area contributed by atoms with Gasteiger partial charge in [0.25, 0.3) is 0 Å². The Morgan fingerprint density at radius 1 is 0.955 bits per heavy atom. The quantitative estimate of drug-likeness (QED) is 0.846. The third kappa shape index (κ3) is 2.98. The zero-order valence-electron chi connectivity index (χ0n) is 12.7. The summed E-state index contributed by atoms with van der Waals surface area (Å²) in [5.41, 5.74) is 3.29. The molecule has 2 aromatic carbocycles. The lowest BCUT2D eigenvalue weighted by Crippen LogP contribution is -2.07. The van der Waals surface area contributed by atoms with E-state index in [0.29, 0.717) is 6.61 Å². The normalized spacial score (nSPS) is 13.3. The van der Waals surface area contributed by atoms with Gasteiger partial charge in [-0.3, -0.25) is 0 Å². The molecule has 1 heterocycles. The summed E-state index contributed by atoms with van der Waals surface area (Å²) >= 11 is 0. The SMILES string of the molecule is COc1ccc(/C=C/C2=Cc3cccc(OC)c3OC2)cc1. The molecule has 22 heavy (non-hydrogen) atoms. The van der Waals surface area contributed by atoms with Gasteiger partial charge in [0.2, 0.25) is 0 Å². The fourth-order valence-electron chi connectivity index (χ4n) is 2.37. The van der Waals surface area contributed by atoms with Gasteiger partial charge in [0, 0.05) is 5.56 Å². The van der Waals surface area contributed by atoms with Crippen molar-refractivity contribution in [2.45, 2.75) is 0 Å². The molecule has 0 aromatic heterocycles. The van der Waals surface area contributed by atoms with Crippen LogP contribution in [-0.4, -0.2) is 20.8 Å². The highest BCUT2D eigenvalue weighted by Gasteiger charge is 2.14. The Morgan fingerprint density at radius 2 is 1.77 bits per heavy atom. The van der Waals surface area contributed by atoms with E-state index in [4.69, 9.17) is 14.2 Å². The fraction of sp³-hybridized carbons (Fsp3) is 0.158. The van der Waals surface area contributed by atoms with Crippen LogP contribution in [0.3, 0.4) is 0 Å². The lowest BCUT2D eigenvalue weighted by atomic mass is 10.1. The van der Waals surface area contributed by atoms with Crippen molar-refractivity contribution < 1.29 is 14.2 Å². The molecule has 0 atom stereocenters. The van der Waals surface area contributed by atoms with Crippen molar-refractivity contribution in [3.63, 3.8) is 0 Å². The first kappa shape index (κ1) is 14.3. The molecule has 0 fully saturated rings. The van der Waals surface area contributed by atoms with Crippen LogP contribution in [0.2, 0.25) is 0 Å². The van der Waals surface area contributed by atoms with E-state index < -0.39 is 0 Å². The lowest BCUT2D eigenvalue weighted by Gasteiger charge is -2.18. The Kier molecular flexibility index (Phi) is 4.15. The van der Waals surface area contributed by atoms with E-state index in [1.54, 1.807) is 14.2 Å². The molecule has 0 amide bonds. The number of fused-ring (bicyclic) bond motifs is 1. The average Bonchev–Trinajstić information content (AvgIpc) is 2.59. The Balaban J connectivity index is 1.80. The predicted molar refractivity (Wildman–Crippen MR) is 88.5 cm³/mol. The summed E-state index contributed by atoms with van der Waals surface area (Å²) in [4.78, 5) is 0. The number of hydrogen-bond acceptors (Lipinski definition) is 3. The van der Waals surface area contributed by atoms with Crippen LogP contribution >= 0.6 is 0 Å². The van der Waals surface area contributed by atoms with E-state index in [0.717, 1.165) is 33.9 Å². The zero-order chi connectivity index (χ0) is 15.4. The van der Waals surface area contributed by atoms with Gasteiger partial charge in [-0.15, -0.1) is 0 Å². The third-order valence-corrected chi connectivity index (χ3v) is 3.56. The predicted octanol–water partition coefficient (Wildman–Crippen LogP) is 4.19. The van der Waals surface area contributed by atoms with Crippen LogP contribution in [-0.2, 0) is 0 Å². The first-order valence-corrected chi connectivity index (χ1v) is 7.12. The minimum atomic E-state index is 0.542. The standard InChI is InChI=1S/C19H18O3/c1-20-17-10-8-14(9-11-17)6-7-15-12-16-4-3-5-18(21-2)19(16)22-13-15/h3-12H,13H2,1-2H3/b7-6+. The first-order valence-electron chi connectivity index (χ1n) is 7.12. The van der Waals surface area contributed by atoms with Gasteiger partial charge in [-0.1, -0.05) is 36.4 Å². The van der Waals surface area contributed by atoms with Gasteiger partial charge in [0.05, 0.1) is 14.2 Å².